The lowest BCUT2D eigenvalue weighted by Crippen LogP contribution is -2.09. The van der Waals surface area contributed by atoms with Gasteiger partial charge in [0.2, 0.25) is 0 Å². The number of nitrogens with zero attached hydrogens (tertiary/aromatic N) is 2. The summed E-state index contributed by atoms with van der Waals surface area (Å²) in [6, 6.07) is 18.6. The van der Waals surface area contributed by atoms with E-state index in [0.29, 0.717) is 0 Å². The quantitative estimate of drug-likeness (QED) is 0.676. The maximum absolute atomic E-state index is 6.02. The zero-order valence-electron chi connectivity index (χ0n) is 11.1. The second kappa shape index (κ2) is 5.35. The molecule has 1 unspecified atom stereocenters. The van der Waals surface area contributed by atoms with Crippen molar-refractivity contribution in [3.8, 4) is 0 Å². The molecule has 0 aliphatic heterocycles. The average Bonchev–Trinajstić information content (AvgIpc) is 3.03. The van der Waals surface area contributed by atoms with Gasteiger partial charge in [-0.3, -0.25) is 3.97 Å². The molecule has 0 radical (unpaired) electrons. The predicted octanol–water partition coefficient (Wildman–Crippen LogP) is 4.85. The van der Waals surface area contributed by atoms with Crippen molar-refractivity contribution in [1.29, 1.82) is 0 Å². The molecule has 0 spiro atoms. The molecule has 0 fully saturated rings. The molecule has 1 aromatic heterocycles. The number of halogens is 1. The first kappa shape index (κ1) is 13.3. The maximum atomic E-state index is 6.02. The first-order valence-corrected chi connectivity index (χ1v) is 8.66. The van der Waals surface area contributed by atoms with Gasteiger partial charge in [0.05, 0.1) is 0 Å². The molecular weight excluding hydrogens is 288 g/mol. The number of aromatic nitrogens is 2. The molecule has 0 amide bonds. The molecule has 2 nitrogen and oxygen atoms in total. The maximum Gasteiger partial charge on any atom is 0.104 e. The van der Waals surface area contributed by atoms with Crippen molar-refractivity contribution in [2.45, 2.75) is 9.79 Å². The van der Waals surface area contributed by atoms with Gasteiger partial charge >= 0.3 is 0 Å². The van der Waals surface area contributed by atoms with Crippen LogP contribution in [0.4, 0.5) is 0 Å². The smallest absolute Gasteiger partial charge is 0.104 e. The van der Waals surface area contributed by atoms with E-state index in [4.69, 9.17) is 11.6 Å². The molecule has 2 aromatic carbocycles. The summed E-state index contributed by atoms with van der Waals surface area (Å²) >= 11 is 6.02. The predicted molar refractivity (Wildman–Crippen MR) is 85.6 cm³/mol. The van der Waals surface area contributed by atoms with Crippen LogP contribution in [-0.2, 0) is 0 Å². The standard InChI is InChI=1S/C16H15ClN2S/c1-20(19-12-11-18-13-19,15-5-3-2-4-6-15)16-9-7-14(17)8-10-16/h2-13H,1H3. The molecule has 0 N–H and O–H groups in total. The van der Waals surface area contributed by atoms with Crippen LogP contribution in [0.1, 0.15) is 0 Å². The van der Waals surface area contributed by atoms with Crippen molar-refractivity contribution < 1.29 is 0 Å². The Morgan fingerprint density at radius 1 is 0.950 bits per heavy atom. The SMILES string of the molecule is CS(c1ccccc1)(c1ccc(Cl)cc1)n1ccnc1. The van der Waals surface area contributed by atoms with E-state index in [1.54, 1.807) is 0 Å². The van der Waals surface area contributed by atoms with E-state index < -0.39 is 10.2 Å². The highest BCUT2D eigenvalue weighted by Crippen LogP contribution is 2.60. The minimum absolute atomic E-state index is 0.759. The first-order chi connectivity index (χ1) is 9.71. The average molecular weight is 303 g/mol. The van der Waals surface area contributed by atoms with Crippen molar-refractivity contribution in [2.24, 2.45) is 0 Å². The third kappa shape index (κ3) is 2.23. The van der Waals surface area contributed by atoms with Crippen LogP contribution in [0, 0.1) is 0 Å². The summed E-state index contributed by atoms with van der Waals surface area (Å²) in [5, 5.41) is 0.759. The summed E-state index contributed by atoms with van der Waals surface area (Å²) in [7, 11) is -1.35. The van der Waals surface area contributed by atoms with E-state index in [9.17, 15) is 0 Å². The molecule has 4 heteroatoms. The molecule has 0 saturated heterocycles. The summed E-state index contributed by atoms with van der Waals surface area (Å²) in [6.45, 7) is 0. The Morgan fingerprint density at radius 3 is 2.20 bits per heavy atom. The van der Waals surface area contributed by atoms with Crippen molar-refractivity contribution in [3.05, 3.63) is 78.3 Å². The summed E-state index contributed by atoms with van der Waals surface area (Å²) in [5.41, 5.74) is 0. The molecule has 3 rings (SSSR count). The Balaban J connectivity index is 2.21. The van der Waals surface area contributed by atoms with E-state index in [-0.39, 0.29) is 0 Å². The Morgan fingerprint density at radius 2 is 1.60 bits per heavy atom. The summed E-state index contributed by atoms with van der Waals surface area (Å²) in [4.78, 5) is 6.76. The van der Waals surface area contributed by atoms with Gasteiger partial charge in [-0.05, 0) is 42.7 Å². The van der Waals surface area contributed by atoms with E-state index in [0.717, 1.165) is 5.02 Å². The van der Waals surface area contributed by atoms with Gasteiger partial charge in [-0.25, -0.2) is 4.98 Å². The minimum atomic E-state index is -1.35. The highest BCUT2D eigenvalue weighted by molar-refractivity contribution is 8.32. The van der Waals surface area contributed by atoms with Gasteiger partial charge in [0.15, 0.2) is 0 Å². The third-order valence-electron chi connectivity index (χ3n) is 3.38. The van der Waals surface area contributed by atoms with Crippen LogP contribution in [0.3, 0.4) is 0 Å². The minimum Gasteiger partial charge on any atom is -0.291 e. The van der Waals surface area contributed by atoms with Crippen molar-refractivity contribution in [1.82, 2.24) is 8.96 Å². The van der Waals surface area contributed by atoms with Crippen LogP contribution in [0.15, 0.2) is 83.1 Å². The fraction of sp³-hybridized carbons (Fsp3) is 0.0625. The van der Waals surface area contributed by atoms with Crippen LogP contribution >= 0.6 is 21.8 Å². The van der Waals surface area contributed by atoms with Gasteiger partial charge in [0.25, 0.3) is 0 Å². The number of hydrogen-bond acceptors (Lipinski definition) is 1. The van der Waals surface area contributed by atoms with Crippen LogP contribution in [0.2, 0.25) is 5.02 Å². The second-order valence-corrected chi connectivity index (χ2v) is 8.12. The molecule has 0 bridgehead atoms. The van der Waals surface area contributed by atoms with Gasteiger partial charge in [-0.2, -0.15) is 0 Å². The Kier molecular flexibility index (Phi) is 3.55. The topological polar surface area (TPSA) is 17.8 Å². The van der Waals surface area contributed by atoms with E-state index in [1.165, 1.54) is 9.79 Å². The van der Waals surface area contributed by atoms with Crippen molar-refractivity contribution >= 4 is 21.8 Å². The van der Waals surface area contributed by atoms with Crippen molar-refractivity contribution in [2.75, 3.05) is 6.26 Å². The third-order valence-corrected chi connectivity index (χ3v) is 7.07. The van der Waals surface area contributed by atoms with Crippen LogP contribution in [0.25, 0.3) is 0 Å². The van der Waals surface area contributed by atoms with Crippen molar-refractivity contribution in [3.63, 3.8) is 0 Å². The first-order valence-electron chi connectivity index (χ1n) is 6.29. The lowest BCUT2D eigenvalue weighted by Gasteiger charge is -2.38. The van der Waals surface area contributed by atoms with Gasteiger partial charge in [0, 0.05) is 27.2 Å². The molecule has 3 aromatic rings. The normalized spacial score (nSPS) is 15.5. The molecule has 20 heavy (non-hydrogen) atoms. The number of imidazole rings is 1. The zero-order chi connectivity index (χ0) is 14.0. The van der Waals surface area contributed by atoms with E-state index in [1.807, 2.05) is 36.9 Å². The Bertz CT molecular complexity index is 680. The lowest BCUT2D eigenvalue weighted by molar-refractivity contribution is 1.16. The Labute approximate surface area is 125 Å². The number of rotatable bonds is 3. The summed E-state index contributed by atoms with van der Waals surface area (Å²) < 4.78 is 2.20. The van der Waals surface area contributed by atoms with Gasteiger partial charge in [-0.1, -0.05) is 29.8 Å². The molecular formula is C16H15ClN2S. The second-order valence-electron chi connectivity index (χ2n) is 4.57. The highest BCUT2D eigenvalue weighted by atomic mass is 35.5. The van der Waals surface area contributed by atoms with E-state index in [2.05, 4.69) is 51.6 Å². The summed E-state index contributed by atoms with van der Waals surface area (Å²) in [5.74, 6) is 0. The Hall–Kier alpha value is -1.71. The van der Waals surface area contributed by atoms with Crippen LogP contribution in [-0.4, -0.2) is 15.2 Å². The molecule has 0 aliphatic rings. The fourth-order valence-corrected chi connectivity index (χ4v) is 5.01. The van der Waals surface area contributed by atoms with Crippen LogP contribution in [0.5, 0.6) is 0 Å². The van der Waals surface area contributed by atoms with Gasteiger partial charge in [0.1, 0.15) is 6.33 Å². The fourth-order valence-electron chi connectivity index (χ4n) is 2.23. The monoisotopic (exact) mass is 302 g/mol. The van der Waals surface area contributed by atoms with Gasteiger partial charge in [-0.15, -0.1) is 10.2 Å². The molecule has 102 valence electrons. The number of benzene rings is 2. The molecule has 0 aliphatic carbocycles. The van der Waals surface area contributed by atoms with Crippen LogP contribution < -0.4 is 0 Å². The zero-order valence-corrected chi connectivity index (χ0v) is 12.7. The van der Waals surface area contributed by atoms with Gasteiger partial charge < -0.3 is 0 Å². The molecule has 1 atom stereocenters. The highest BCUT2D eigenvalue weighted by Gasteiger charge is 2.24. The molecule has 0 saturated carbocycles. The largest absolute Gasteiger partial charge is 0.291 e. The summed E-state index contributed by atoms with van der Waals surface area (Å²) in [6.07, 6.45) is 8.01. The van der Waals surface area contributed by atoms with E-state index >= 15 is 0 Å². The lowest BCUT2D eigenvalue weighted by atomic mass is 10.4. The number of hydrogen-bond donors (Lipinski definition) is 0. The molecule has 1 heterocycles.